The van der Waals surface area contributed by atoms with E-state index in [0.29, 0.717) is 0 Å². The fourth-order valence-electron chi connectivity index (χ4n) is 1.01. The van der Waals surface area contributed by atoms with Gasteiger partial charge < -0.3 is 5.73 Å². The molecule has 8 heteroatoms. The van der Waals surface area contributed by atoms with Gasteiger partial charge in [0.1, 0.15) is 10.0 Å². The maximum absolute atomic E-state index is 11.8. The summed E-state index contributed by atoms with van der Waals surface area (Å²) >= 11 is 17.5. The summed E-state index contributed by atoms with van der Waals surface area (Å²) in [6.45, 7) is 3.70. The van der Waals surface area contributed by atoms with Gasteiger partial charge in [0, 0.05) is 5.71 Å². The number of nitrogen functional groups attached to an aromatic ring is 1. The Morgan fingerprint density at radius 2 is 2.00 bits per heavy atom. The fourth-order valence-corrected chi connectivity index (χ4v) is 1.62. The van der Waals surface area contributed by atoms with Crippen LogP contribution < -0.4 is 16.1 Å². The average Bonchev–Trinajstić information content (AvgIpc) is 2.37. The summed E-state index contributed by atoms with van der Waals surface area (Å²) in [4.78, 5) is 14.4. The second-order valence-electron chi connectivity index (χ2n) is 3.50. The van der Waals surface area contributed by atoms with Gasteiger partial charge in [0.05, 0.1) is 5.69 Å². The van der Waals surface area contributed by atoms with E-state index in [1.807, 2.05) is 6.92 Å². The first-order valence-electron chi connectivity index (χ1n) is 5.07. The maximum atomic E-state index is 11.8. The number of anilines is 1. The summed E-state index contributed by atoms with van der Waals surface area (Å²) in [6, 6.07) is 0. The van der Waals surface area contributed by atoms with Crippen molar-refractivity contribution < 1.29 is 9.78 Å². The summed E-state index contributed by atoms with van der Waals surface area (Å²) in [5.41, 5.74) is 8.79. The predicted molar refractivity (Wildman–Crippen MR) is 73.3 cm³/mol. The predicted octanol–water partition coefficient (Wildman–Crippen LogP) is 2.56. The number of rotatable bonds is 3. The molecule has 0 unspecified atom stereocenters. The number of H-pyrrole nitrogens is 1. The molecule has 4 N–H and O–H groups in total. The molecule has 0 atom stereocenters. The lowest BCUT2D eigenvalue weighted by molar-refractivity contribution is -0.379. The monoisotopic (exact) mass is 309 g/mol. The molecule has 1 aromatic rings. The Kier molecular flexibility index (Phi) is 5.19. The van der Waals surface area contributed by atoms with E-state index >= 15 is 0 Å². The van der Waals surface area contributed by atoms with Crippen LogP contribution in [0.25, 0.3) is 0 Å². The molecule has 0 aromatic carbocycles. The lowest BCUT2D eigenvalue weighted by atomic mass is 10.3. The number of aromatic nitrogens is 1. The number of hydrogen-bond acceptors (Lipinski definition) is 3. The van der Waals surface area contributed by atoms with Crippen LogP contribution in [0.5, 0.6) is 0 Å². The molecule has 0 saturated heterocycles. The van der Waals surface area contributed by atoms with Crippen molar-refractivity contribution in [3.05, 3.63) is 20.9 Å². The lowest BCUT2D eigenvalue weighted by Crippen LogP contribution is -2.28. The average molecular weight is 311 g/mol. The normalized spacial score (nSPS) is 11.5. The van der Waals surface area contributed by atoms with E-state index in [2.05, 4.69) is 15.5 Å². The number of halogens is 3. The Balaban J connectivity index is 3.08. The molecule has 0 bridgehead atoms. The Bertz CT molecular complexity index is 516. The molecule has 0 saturated carbocycles. The molecular formula is C10H12Cl3N4O+. The van der Waals surface area contributed by atoms with Crippen LogP contribution in [0.3, 0.4) is 0 Å². The summed E-state index contributed by atoms with van der Waals surface area (Å²) in [5.74, 6) is -0.543. The zero-order valence-electron chi connectivity index (χ0n) is 9.77. The van der Waals surface area contributed by atoms with E-state index in [4.69, 9.17) is 40.5 Å². The number of aromatic amines is 1. The molecule has 0 spiro atoms. The first-order valence-corrected chi connectivity index (χ1v) is 6.20. The standard InChI is InChI=1S/C10H11Cl3N4O/c1-3-4(2)16-17-10(18)8-5(11)7(14)6(12)9(13)15-8/h3H2,1-2H3,(H2,14,15)(H,17,18)/p+1/b16-4-. The van der Waals surface area contributed by atoms with Crippen molar-refractivity contribution in [2.75, 3.05) is 5.73 Å². The maximum Gasteiger partial charge on any atom is 0.337 e. The van der Waals surface area contributed by atoms with Crippen molar-refractivity contribution in [3.63, 3.8) is 0 Å². The van der Waals surface area contributed by atoms with E-state index in [0.717, 1.165) is 12.1 Å². The molecule has 1 rings (SSSR count). The number of amides is 1. The van der Waals surface area contributed by atoms with E-state index in [1.165, 1.54) is 0 Å². The second kappa shape index (κ2) is 6.22. The topological polar surface area (TPSA) is 81.6 Å². The van der Waals surface area contributed by atoms with Gasteiger partial charge in [-0.1, -0.05) is 30.1 Å². The van der Waals surface area contributed by atoms with E-state index in [1.54, 1.807) is 6.92 Å². The third-order valence-electron chi connectivity index (χ3n) is 2.21. The molecule has 1 aromatic heterocycles. The van der Waals surface area contributed by atoms with Crippen molar-refractivity contribution in [3.8, 4) is 0 Å². The van der Waals surface area contributed by atoms with Gasteiger partial charge in [0.2, 0.25) is 0 Å². The third-order valence-corrected chi connectivity index (χ3v) is 3.37. The zero-order valence-corrected chi connectivity index (χ0v) is 12.0. The number of nitrogens with zero attached hydrogens (tertiary/aromatic N) is 1. The highest BCUT2D eigenvalue weighted by Crippen LogP contribution is 2.31. The Morgan fingerprint density at radius 3 is 2.56 bits per heavy atom. The van der Waals surface area contributed by atoms with Crippen molar-refractivity contribution in [1.29, 1.82) is 0 Å². The highest BCUT2D eigenvalue weighted by Gasteiger charge is 2.25. The van der Waals surface area contributed by atoms with Gasteiger partial charge in [-0.15, -0.1) is 0 Å². The summed E-state index contributed by atoms with van der Waals surface area (Å²) in [6.07, 6.45) is 0.723. The highest BCUT2D eigenvalue weighted by atomic mass is 35.5. The van der Waals surface area contributed by atoms with Crippen LogP contribution in [-0.4, -0.2) is 11.6 Å². The van der Waals surface area contributed by atoms with Crippen molar-refractivity contribution in [1.82, 2.24) is 5.43 Å². The van der Waals surface area contributed by atoms with E-state index < -0.39 is 5.91 Å². The number of nitrogens with one attached hydrogen (secondary N) is 2. The van der Waals surface area contributed by atoms with Crippen LogP contribution >= 0.6 is 34.8 Å². The molecule has 5 nitrogen and oxygen atoms in total. The molecule has 98 valence electrons. The Labute approximate surface area is 119 Å². The van der Waals surface area contributed by atoms with Crippen molar-refractivity contribution in [2.24, 2.45) is 5.10 Å². The third kappa shape index (κ3) is 3.25. The molecule has 0 radical (unpaired) electrons. The number of nitrogens with two attached hydrogens (primary N) is 1. The second-order valence-corrected chi connectivity index (χ2v) is 4.63. The minimum absolute atomic E-state index is 0.00579. The van der Waals surface area contributed by atoms with Gasteiger partial charge in [0.15, 0.2) is 0 Å². The van der Waals surface area contributed by atoms with E-state index in [-0.39, 0.29) is 26.6 Å². The molecule has 1 amide bonds. The van der Waals surface area contributed by atoms with Crippen LogP contribution in [0.2, 0.25) is 15.2 Å². The first kappa shape index (κ1) is 15.0. The quantitative estimate of drug-likeness (QED) is 0.511. The number of pyridine rings is 1. The fraction of sp³-hybridized carbons (Fsp3) is 0.300. The lowest BCUT2D eigenvalue weighted by Gasteiger charge is -2.03. The summed E-state index contributed by atoms with van der Waals surface area (Å²) in [7, 11) is 0. The van der Waals surface area contributed by atoms with Gasteiger partial charge in [0.25, 0.3) is 10.8 Å². The van der Waals surface area contributed by atoms with Crippen LogP contribution in [0.4, 0.5) is 5.69 Å². The van der Waals surface area contributed by atoms with Gasteiger partial charge >= 0.3 is 5.91 Å². The summed E-state index contributed by atoms with van der Waals surface area (Å²) < 4.78 is 0. The van der Waals surface area contributed by atoms with Gasteiger partial charge in [-0.3, -0.25) is 4.79 Å². The van der Waals surface area contributed by atoms with Crippen molar-refractivity contribution >= 4 is 52.1 Å². The highest BCUT2D eigenvalue weighted by molar-refractivity contribution is 6.45. The minimum Gasteiger partial charge on any atom is -0.396 e. The number of hydrazone groups is 1. The Hall–Kier alpha value is -1.04. The van der Waals surface area contributed by atoms with E-state index in [9.17, 15) is 4.79 Å². The van der Waals surface area contributed by atoms with Gasteiger partial charge in [-0.05, 0) is 24.9 Å². The number of hydrogen-bond donors (Lipinski definition) is 2. The molecule has 0 aliphatic heterocycles. The minimum atomic E-state index is -0.543. The largest absolute Gasteiger partial charge is 0.396 e. The van der Waals surface area contributed by atoms with Crippen LogP contribution in [0.15, 0.2) is 5.10 Å². The summed E-state index contributed by atoms with van der Waals surface area (Å²) in [5, 5.41) is 3.99. The molecular weight excluding hydrogens is 298 g/mol. The SMILES string of the molecule is CC/C(C)=N\NC(=O)c1[nH+]c(Cl)c(Cl)c(N)c1Cl. The zero-order chi connectivity index (χ0) is 13.9. The molecule has 0 fully saturated rings. The smallest absolute Gasteiger partial charge is 0.337 e. The first-order chi connectivity index (χ1) is 8.38. The van der Waals surface area contributed by atoms with Gasteiger partial charge in [-0.2, -0.15) is 10.1 Å². The Morgan fingerprint density at radius 1 is 1.39 bits per heavy atom. The van der Waals surface area contributed by atoms with Crippen LogP contribution in [0.1, 0.15) is 30.8 Å². The van der Waals surface area contributed by atoms with Crippen molar-refractivity contribution in [2.45, 2.75) is 20.3 Å². The van der Waals surface area contributed by atoms with Crippen LogP contribution in [-0.2, 0) is 0 Å². The van der Waals surface area contributed by atoms with Gasteiger partial charge in [-0.25, -0.2) is 5.43 Å². The number of carbonyl (C=O) groups is 1. The van der Waals surface area contributed by atoms with Crippen LogP contribution in [0, 0.1) is 0 Å². The molecule has 18 heavy (non-hydrogen) atoms. The molecule has 0 aliphatic rings. The molecule has 0 aliphatic carbocycles. The number of carbonyl (C=O) groups excluding carboxylic acids is 1. The molecule has 1 heterocycles.